The van der Waals surface area contributed by atoms with E-state index in [4.69, 9.17) is 5.73 Å². The molecule has 1 aromatic heterocycles. The summed E-state index contributed by atoms with van der Waals surface area (Å²) >= 11 is 3.08. The van der Waals surface area contributed by atoms with Crippen LogP contribution in [0.3, 0.4) is 0 Å². The van der Waals surface area contributed by atoms with Gasteiger partial charge in [0, 0.05) is 6.42 Å². The molecule has 3 N–H and O–H groups in total. The number of nitrogens with zero attached hydrogens (tertiary/aromatic N) is 3. The minimum atomic E-state index is -0.415. The van der Waals surface area contributed by atoms with Crippen LogP contribution >= 0.6 is 15.9 Å². The summed E-state index contributed by atoms with van der Waals surface area (Å²) < 4.78 is 18.3. The van der Waals surface area contributed by atoms with E-state index in [1.807, 2.05) is 31.2 Å². The fraction of sp³-hybridized carbons (Fsp3) is 0.158. The van der Waals surface area contributed by atoms with Crippen molar-refractivity contribution in [1.82, 2.24) is 10.3 Å². The highest BCUT2D eigenvalue weighted by atomic mass is 79.9. The lowest BCUT2D eigenvalue weighted by atomic mass is 10.1. The van der Waals surface area contributed by atoms with Crippen molar-refractivity contribution < 1.29 is 13.8 Å². The summed E-state index contributed by atoms with van der Waals surface area (Å²) in [5.41, 5.74) is 8.67. The predicted octanol–water partition coefficient (Wildman–Crippen LogP) is 3.89. The van der Waals surface area contributed by atoms with Crippen molar-refractivity contribution in [3.05, 3.63) is 69.6 Å². The van der Waals surface area contributed by atoms with Gasteiger partial charge in [0.05, 0.1) is 10.2 Å². The number of aromatic nitrogens is 2. The lowest BCUT2D eigenvalue weighted by molar-refractivity contribution is -0.116. The van der Waals surface area contributed by atoms with Gasteiger partial charge in [0.1, 0.15) is 5.82 Å². The molecule has 0 atom stereocenters. The van der Waals surface area contributed by atoms with Gasteiger partial charge >= 0.3 is 0 Å². The first-order chi connectivity index (χ1) is 13.4. The third-order valence-electron chi connectivity index (χ3n) is 3.90. The van der Waals surface area contributed by atoms with Crippen LogP contribution in [0.5, 0.6) is 0 Å². The number of carbonyl (C=O) groups excluding carboxylic acids is 1. The monoisotopic (exact) mass is 445 g/mol. The van der Waals surface area contributed by atoms with Crippen molar-refractivity contribution in [1.29, 1.82) is 0 Å². The molecular formula is C19H17BrFN5O2. The third-order valence-corrected chi connectivity index (χ3v) is 4.51. The maximum Gasteiger partial charge on any atom is 0.226 e. The van der Waals surface area contributed by atoms with Crippen LogP contribution in [0.2, 0.25) is 0 Å². The van der Waals surface area contributed by atoms with E-state index >= 15 is 0 Å². The fourth-order valence-corrected chi connectivity index (χ4v) is 2.76. The third kappa shape index (κ3) is 5.01. The molecule has 0 spiro atoms. The molecule has 0 radical (unpaired) electrons. The molecule has 1 amide bonds. The van der Waals surface area contributed by atoms with Crippen LogP contribution in [0.15, 0.2) is 56.6 Å². The molecule has 1 heterocycles. The Bertz CT molecular complexity index is 1020. The molecular weight excluding hydrogens is 429 g/mol. The lowest BCUT2D eigenvalue weighted by Crippen LogP contribution is -2.19. The van der Waals surface area contributed by atoms with Gasteiger partial charge in [-0.15, -0.1) is 0 Å². The Balaban J connectivity index is 1.66. The van der Waals surface area contributed by atoms with Gasteiger partial charge in [0.2, 0.25) is 11.7 Å². The van der Waals surface area contributed by atoms with E-state index in [0.29, 0.717) is 12.1 Å². The largest absolute Gasteiger partial charge is 0.382 e. The SMILES string of the molecule is Cc1ccc(CCC(=O)Nc2nonc2C(N)=Nc2ccc(F)c(Br)c2)cc1. The number of hydrogen-bond acceptors (Lipinski definition) is 5. The molecule has 0 aliphatic carbocycles. The van der Waals surface area contributed by atoms with Gasteiger partial charge in [-0.25, -0.2) is 14.0 Å². The van der Waals surface area contributed by atoms with Crippen molar-refractivity contribution in [2.75, 3.05) is 5.32 Å². The molecule has 144 valence electrons. The number of halogens is 2. The van der Waals surface area contributed by atoms with E-state index in [9.17, 15) is 9.18 Å². The number of amidine groups is 1. The number of nitrogens with one attached hydrogen (secondary N) is 1. The van der Waals surface area contributed by atoms with Crippen molar-refractivity contribution in [2.45, 2.75) is 19.8 Å². The molecule has 9 heteroatoms. The van der Waals surface area contributed by atoms with Gasteiger partial charge in [-0.3, -0.25) is 4.79 Å². The molecule has 0 fully saturated rings. The van der Waals surface area contributed by atoms with Crippen LogP contribution in [0.1, 0.15) is 23.2 Å². The standard InChI is InChI=1S/C19H17BrFN5O2/c1-11-2-4-12(5-3-11)6-9-16(27)24-19-17(25-28-26-19)18(22)23-13-7-8-15(21)14(20)10-13/h2-5,7-8,10H,6,9H2,1H3,(H2,22,23)(H,24,26,27). The summed E-state index contributed by atoms with van der Waals surface area (Å²) in [6.07, 6.45) is 0.844. The molecule has 7 nitrogen and oxygen atoms in total. The summed E-state index contributed by atoms with van der Waals surface area (Å²) in [5, 5.41) is 9.98. The van der Waals surface area contributed by atoms with Crippen molar-refractivity contribution in [2.24, 2.45) is 10.7 Å². The highest BCUT2D eigenvalue weighted by molar-refractivity contribution is 9.10. The average molecular weight is 446 g/mol. The quantitative estimate of drug-likeness (QED) is 0.442. The maximum atomic E-state index is 13.3. The van der Waals surface area contributed by atoms with Gasteiger partial charge in [-0.05, 0) is 63.4 Å². The molecule has 0 aliphatic heterocycles. The number of aryl methyl sites for hydroxylation is 2. The summed E-state index contributed by atoms with van der Waals surface area (Å²) in [4.78, 5) is 16.4. The number of carbonyl (C=O) groups is 1. The minimum Gasteiger partial charge on any atom is -0.382 e. The van der Waals surface area contributed by atoms with E-state index in [1.54, 1.807) is 0 Å². The first kappa shape index (κ1) is 19.7. The van der Waals surface area contributed by atoms with Crippen LogP contribution in [-0.4, -0.2) is 22.1 Å². The summed E-state index contributed by atoms with van der Waals surface area (Å²) in [7, 11) is 0. The number of hydrogen-bond donors (Lipinski definition) is 2. The molecule has 3 rings (SSSR count). The highest BCUT2D eigenvalue weighted by Gasteiger charge is 2.17. The molecule has 0 bridgehead atoms. The number of nitrogens with two attached hydrogens (primary N) is 1. The number of rotatable bonds is 6. The summed E-state index contributed by atoms with van der Waals surface area (Å²) in [6, 6.07) is 12.1. The number of aliphatic imine (C=N–C) groups is 1. The number of amides is 1. The fourth-order valence-electron chi connectivity index (χ4n) is 2.39. The van der Waals surface area contributed by atoms with Crippen molar-refractivity contribution in [3.63, 3.8) is 0 Å². The normalized spacial score (nSPS) is 11.5. The van der Waals surface area contributed by atoms with Gasteiger partial charge < -0.3 is 11.1 Å². The summed E-state index contributed by atoms with van der Waals surface area (Å²) in [5.74, 6) is -0.609. The zero-order valence-electron chi connectivity index (χ0n) is 14.9. The Kier molecular flexibility index (Phi) is 6.15. The van der Waals surface area contributed by atoms with Gasteiger partial charge in [0.15, 0.2) is 11.5 Å². The second kappa shape index (κ2) is 8.75. The summed E-state index contributed by atoms with van der Waals surface area (Å²) in [6.45, 7) is 2.01. The topological polar surface area (TPSA) is 106 Å². The zero-order chi connectivity index (χ0) is 20.1. The van der Waals surface area contributed by atoms with Gasteiger partial charge in [-0.2, -0.15) is 0 Å². The van der Waals surface area contributed by atoms with Gasteiger partial charge in [0.25, 0.3) is 0 Å². The van der Waals surface area contributed by atoms with Crippen LogP contribution in [0.25, 0.3) is 0 Å². The molecule has 0 unspecified atom stereocenters. The second-order valence-electron chi connectivity index (χ2n) is 6.09. The smallest absolute Gasteiger partial charge is 0.226 e. The van der Waals surface area contributed by atoms with Crippen LogP contribution < -0.4 is 11.1 Å². The second-order valence-corrected chi connectivity index (χ2v) is 6.95. The Hall–Kier alpha value is -3.07. The molecule has 0 saturated carbocycles. The van der Waals surface area contributed by atoms with E-state index in [1.165, 1.54) is 18.2 Å². The highest BCUT2D eigenvalue weighted by Crippen LogP contribution is 2.23. The zero-order valence-corrected chi connectivity index (χ0v) is 16.5. The van der Waals surface area contributed by atoms with Crippen molar-refractivity contribution >= 4 is 39.2 Å². The van der Waals surface area contributed by atoms with E-state index < -0.39 is 5.82 Å². The van der Waals surface area contributed by atoms with Crippen LogP contribution in [-0.2, 0) is 11.2 Å². The Morgan fingerprint density at radius 1 is 1.25 bits per heavy atom. The molecule has 28 heavy (non-hydrogen) atoms. The maximum absolute atomic E-state index is 13.3. The van der Waals surface area contributed by atoms with Crippen LogP contribution in [0.4, 0.5) is 15.9 Å². The average Bonchev–Trinajstić information content (AvgIpc) is 3.12. The molecule has 0 aliphatic rings. The van der Waals surface area contributed by atoms with Gasteiger partial charge in [-0.1, -0.05) is 29.8 Å². The number of anilines is 1. The first-order valence-electron chi connectivity index (χ1n) is 8.40. The minimum absolute atomic E-state index is 0.0198. The lowest BCUT2D eigenvalue weighted by Gasteiger charge is -2.04. The Morgan fingerprint density at radius 2 is 2.00 bits per heavy atom. The molecule has 0 saturated heterocycles. The van der Waals surface area contributed by atoms with Crippen molar-refractivity contribution in [3.8, 4) is 0 Å². The van der Waals surface area contributed by atoms with Crippen LogP contribution in [0, 0.1) is 12.7 Å². The van der Waals surface area contributed by atoms with E-state index in [-0.39, 0.29) is 34.1 Å². The van der Waals surface area contributed by atoms with E-state index in [2.05, 4.69) is 41.2 Å². The Labute approximate surface area is 168 Å². The predicted molar refractivity (Wildman–Crippen MR) is 107 cm³/mol. The Morgan fingerprint density at radius 3 is 2.71 bits per heavy atom. The number of benzene rings is 2. The van der Waals surface area contributed by atoms with E-state index in [0.717, 1.165) is 11.1 Å². The molecule has 3 aromatic rings. The molecule has 2 aromatic carbocycles. The first-order valence-corrected chi connectivity index (χ1v) is 9.19.